The standard InChI is InChI=1S/C19H28N2O3.C10H14O2S/c1-14(2)15-6-8-16(9-7-15)17(22)20-10-12-21(13-11-20)18(23)24-19(3,4)5;1-8(2)9-4-6-10(7-5-9)13(3,11)12/h6-9,14H,10-13H2,1-5H3;4-8H,1-3H3. The number of rotatable bonds is 4. The Morgan fingerprint density at radius 2 is 1.16 bits per heavy atom. The summed E-state index contributed by atoms with van der Waals surface area (Å²) in [7, 11) is -3.05. The number of hydrogen-bond acceptors (Lipinski definition) is 5. The maximum Gasteiger partial charge on any atom is 0.410 e. The van der Waals surface area contributed by atoms with E-state index in [1.807, 2.05) is 57.2 Å². The zero-order valence-electron chi connectivity index (χ0n) is 23.4. The van der Waals surface area contributed by atoms with E-state index in [0.717, 1.165) is 5.56 Å². The third kappa shape index (κ3) is 9.50. The zero-order chi connectivity index (χ0) is 28.0. The molecule has 0 spiro atoms. The normalized spacial score (nSPS) is 14.3. The topological polar surface area (TPSA) is 84.0 Å². The predicted molar refractivity (Wildman–Crippen MR) is 148 cm³/mol. The first-order valence-corrected chi connectivity index (χ1v) is 14.6. The van der Waals surface area contributed by atoms with Gasteiger partial charge in [0.15, 0.2) is 9.84 Å². The average Bonchev–Trinajstić information content (AvgIpc) is 2.82. The summed E-state index contributed by atoms with van der Waals surface area (Å²) >= 11 is 0. The summed E-state index contributed by atoms with van der Waals surface area (Å²) < 4.78 is 27.6. The molecule has 1 aliphatic rings. The van der Waals surface area contributed by atoms with E-state index in [-0.39, 0.29) is 12.0 Å². The van der Waals surface area contributed by atoms with Gasteiger partial charge in [0.2, 0.25) is 0 Å². The Bertz CT molecular complexity index is 1140. The Labute approximate surface area is 222 Å². The van der Waals surface area contributed by atoms with Gasteiger partial charge in [-0.1, -0.05) is 52.0 Å². The van der Waals surface area contributed by atoms with Gasteiger partial charge in [-0.05, 0) is 68.0 Å². The third-order valence-corrected chi connectivity index (χ3v) is 7.15. The van der Waals surface area contributed by atoms with Gasteiger partial charge in [-0.15, -0.1) is 0 Å². The summed E-state index contributed by atoms with van der Waals surface area (Å²) in [6, 6.07) is 14.8. The van der Waals surface area contributed by atoms with Crippen molar-refractivity contribution in [2.24, 2.45) is 0 Å². The summed E-state index contributed by atoms with van der Waals surface area (Å²) in [5.41, 5.74) is 2.58. The van der Waals surface area contributed by atoms with Crippen LogP contribution >= 0.6 is 0 Å². The molecule has 8 heteroatoms. The van der Waals surface area contributed by atoms with Crippen molar-refractivity contribution in [2.45, 2.75) is 70.8 Å². The van der Waals surface area contributed by atoms with Crippen molar-refractivity contribution < 1.29 is 22.7 Å². The second-order valence-corrected chi connectivity index (χ2v) is 13.0. The largest absolute Gasteiger partial charge is 0.444 e. The SMILES string of the molecule is CC(C)c1ccc(C(=O)N2CCN(C(=O)OC(C)(C)C)CC2)cc1.CC(C)c1ccc(S(C)(=O)=O)cc1. The van der Waals surface area contributed by atoms with E-state index in [0.29, 0.717) is 48.5 Å². The van der Waals surface area contributed by atoms with Gasteiger partial charge in [0, 0.05) is 38.0 Å². The van der Waals surface area contributed by atoms with E-state index in [1.54, 1.807) is 21.9 Å². The number of carbonyl (C=O) groups excluding carboxylic acids is 2. The van der Waals surface area contributed by atoms with Crippen LogP contribution in [-0.2, 0) is 14.6 Å². The lowest BCUT2D eigenvalue weighted by molar-refractivity contribution is 0.0141. The highest BCUT2D eigenvalue weighted by atomic mass is 32.2. The van der Waals surface area contributed by atoms with Crippen LogP contribution < -0.4 is 0 Å². The lowest BCUT2D eigenvalue weighted by atomic mass is 10.0. The highest BCUT2D eigenvalue weighted by Crippen LogP contribution is 2.18. The minimum Gasteiger partial charge on any atom is -0.444 e. The lowest BCUT2D eigenvalue weighted by Gasteiger charge is -2.35. The summed E-state index contributed by atoms with van der Waals surface area (Å²) in [5.74, 6) is 0.911. The van der Waals surface area contributed by atoms with Crippen molar-refractivity contribution in [1.29, 1.82) is 0 Å². The van der Waals surface area contributed by atoms with Crippen LogP contribution in [0.4, 0.5) is 4.79 Å². The Balaban J connectivity index is 0.000000312. The van der Waals surface area contributed by atoms with Crippen LogP contribution in [0.1, 0.15) is 81.8 Å². The van der Waals surface area contributed by atoms with Gasteiger partial charge in [-0.3, -0.25) is 4.79 Å². The first kappa shape index (κ1) is 30.4. The number of amides is 2. The molecule has 0 aromatic heterocycles. The molecule has 204 valence electrons. The van der Waals surface area contributed by atoms with E-state index in [9.17, 15) is 18.0 Å². The quantitative estimate of drug-likeness (QED) is 0.505. The summed E-state index contributed by atoms with van der Waals surface area (Å²) in [6.07, 6.45) is 0.910. The van der Waals surface area contributed by atoms with Gasteiger partial charge in [-0.2, -0.15) is 0 Å². The third-order valence-electron chi connectivity index (χ3n) is 6.02. The van der Waals surface area contributed by atoms with Crippen LogP contribution in [0.25, 0.3) is 0 Å². The van der Waals surface area contributed by atoms with Crippen molar-refractivity contribution in [3.8, 4) is 0 Å². The first-order valence-electron chi connectivity index (χ1n) is 12.8. The lowest BCUT2D eigenvalue weighted by Crippen LogP contribution is -2.51. The van der Waals surface area contributed by atoms with Gasteiger partial charge < -0.3 is 14.5 Å². The fourth-order valence-corrected chi connectivity index (χ4v) is 4.34. The molecule has 1 fully saturated rings. The molecule has 0 unspecified atom stereocenters. The highest BCUT2D eigenvalue weighted by Gasteiger charge is 2.28. The van der Waals surface area contributed by atoms with Crippen LogP contribution in [0.2, 0.25) is 0 Å². The smallest absolute Gasteiger partial charge is 0.410 e. The number of sulfone groups is 1. The molecule has 3 rings (SSSR count). The van der Waals surface area contributed by atoms with Crippen molar-refractivity contribution in [3.63, 3.8) is 0 Å². The van der Waals surface area contributed by atoms with Gasteiger partial charge in [-0.25, -0.2) is 13.2 Å². The Hall–Kier alpha value is -2.87. The summed E-state index contributed by atoms with van der Waals surface area (Å²) in [5, 5.41) is 0. The van der Waals surface area contributed by atoms with Gasteiger partial charge >= 0.3 is 6.09 Å². The van der Waals surface area contributed by atoms with Crippen LogP contribution in [0.3, 0.4) is 0 Å². The van der Waals surface area contributed by atoms with Crippen LogP contribution in [0.15, 0.2) is 53.4 Å². The van der Waals surface area contributed by atoms with Gasteiger partial charge in [0.1, 0.15) is 5.60 Å². The molecule has 0 radical (unpaired) electrons. The van der Waals surface area contributed by atoms with Gasteiger partial charge in [0.25, 0.3) is 5.91 Å². The number of nitrogens with zero attached hydrogens (tertiary/aromatic N) is 2. The molecule has 7 nitrogen and oxygen atoms in total. The predicted octanol–water partition coefficient (Wildman–Crippen LogP) is 5.72. The summed E-state index contributed by atoms with van der Waals surface area (Å²) in [4.78, 5) is 28.5. The number of piperazine rings is 1. The van der Waals surface area contributed by atoms with Crippen LogP contribution in [0.5, 0.6) is 0 Å². The second kappa shape index (κ2) is 12.6. The zero-order valence-corrected chi connectivity index (χ0v) is 24.3. The molecule has 2 amide bonds. The summed E-state index contributed by atoms with van der Waals surface area (Å²) in [6.45, 7) is 16.1. The number of carbonyl (C=O) groups is 2. The minimum atomic E-state index is -3.05. The Kier molecular flexibility index (Phi) is 10.3. The Morgan fingerprint density at radius 3 is 1.54 bits per heavy atom. The van der Waals surface area contributed by atoms with Crippen LogP contribution in [-0.4, -0.2) is 68.3 Å². The van der Waals surface area contributed by atoms with Crippen molar-refractivity contribution >= 4 is 21.8 Å². The van der Waals surface area contributed by atoms with E-state index >= 15 is 0 Å². The molecule has 0 atom stereocenters. The molecule has 1 aliphatic heterocycles. The molecule has 1 heterocycles. The average molecular weight is 531 g/mol. The minimum absolute atomic E-state index is 0.0224. The highest BCUT2D eigenvalue weighted by molar-refractivity contribution is 7.90. The molecule has 2 aromatic carbocycles. The van der Waals surface area contributed by atoms with E-state index < -0.39 is 15.4 Å². The molecule has 0 aliphatic carbocycles. The molecule has 1 saturated heterocycles. The molecule has 0 N–H and O–H groups in total. The fraction of sp³-hybridized carbons (Fsp3) is 0.517. The number of hydrogen-bond donors (Lipinski definition) is 0. The monoisotopic (exact) mass is 530 g/mol. The van der Waals surface area contributed by atoms with E-state index in [1.165, 1.54) is 11.8 Å². The van der Waals surface area contributed by atoms with Crippen molar-refractivity contribution in [3.05, 3.63) is 65.2 Å². The van der Waals surface area contributed by atoms with E-state index in [4.69, 9.17) is 4.74 Å². The van der Waals surface area contributed by atoms with Crippen molar-refractivity contribution in [1.82, 2.24) is 9.80 Å². The first-order chi connectivity index (χ1) is 17.1. The number of ether oxygens (including phenoxy) is 1. The van der Waals surface area contributed by atoms with E-state index in [2.05, 4.69) is 27.7 Å². The molecule has 2 aromatic rings. The number of benzene rings is 2. The molecule has 0 bridgehead atoms. The Morgan fingerprint density at radius 1 is 0.757 bits per heavy atom. The molecule has 0 saturated carbocycles. The molecular formula is C29H42N2O5S. The molecular weight excluding hydrogens is 488 g/mol. The maximum absolute atomic E-state index is 12.6. The fourth-order valence-electron chi connectivity index (χ4n) is 3.71. The van der Waals surface area contributed by atoms with Crippen molar-refractivity contribution in [2.75, 3.05) is 32.4 Å². The maximum atomic E-state index is 12.6. The van der Waals surface area contributed by atoms with Gasteiger partial charge in [0.05, 0.1) is 4.90 Å². The van der Waals surface area contributed by atoms with Crippen LogP contribution in [0, 0.1) is 0 Å². The second-order valence-electron chi connectivity index (χ2n) is 11.0. The molecule has 37 heavy (non-hydrogen) atoms.